The lowest BCUT2D eigenvalue weighted by Gasteiger charge is -2.42. The Morgan fingerprint density at radius 1 is 1.05 bits per heavy atom. The Morgan fingerprint density at radius 2 is 1.55 bits per heavy atom. The van der Waals surface area contributed by atoms with Crippen molar-refractivity contribution in [1.29, 1.82) is 0 Å². The van der Waals surface area contributed by atoms with Gasteiger partial charge in [0.2, 0.25) is 0 Å². The van der Waals surface area contributed by atoms with Gasteiger partial charge in [-0.25, -0.2) is 0 Å². The maximum Gasteiger partial charge on any atom is 0.0473 e. The molecule has 3 atom stereocenters. The van der Waals surface area contributed by atoms with Gasteiger partial charge in [-0.05, 0) is 45.8 Å². The van der Waals surface area contributed by atoms with Crippen molar-refractivity contribution in [3.05, 3.63) is 35.4 Å². The maximum atomic E-state index is 3.48. The van der Waals surface area contributed by atoms with E-state index in [1.807, 2.05) is 0 Å². The Balaban J connectivity index is 2.92. The first kappa shape index (κ1) is 17.2. The molecule has 0 bridgehead atoms. The highest BCUT2D eigenvalue weighted by Gasteiger charge is 2.30. The summed E-state index contributed by atoms with van der Waals surface area (Å²) in [6.45, 7) is 13.7. The van der Waals surface area contributed by atoms with Crippen molar-refractivity contribution in [1.82, 2.24) is 10.2 Å². The molecule has 0 saturated heterocycles. The number of nitrogens with zero attached hydrogens (tertiary/aromatic N) is 1. The molecule has 0 aliphatic carbocycles. The smallest absolute Gasteiger partial charge is 0.0473 e. The minimum atomic E-state index is 0.286. The normalized spacial score (nSPS) is 17.1. The molecule has 0 heterocycles. The van der Waals surface area contributed by atoms with Gasteiger partial charge in [0, 0.05) is 18.1 Å². The summed E-state index contributed by atoms with van der Waals surface area (Å²) in [5.41, 5.74) is 2.96. The van der Waals surface area contributed by atoms with Crippen LogP contribution >= 0.6 is 0 Å². The SMILES string of the molecule is CNC(c1ccc(C)cc1)C(C)N(C)C(C)C(C)(C)C. The van der Waals surface area contributed by atoms with E-state index in [-0.39, 0.29) is 5.41 Å². The molecule has 1 N–H and O–H groups in total. The van der Waals surface area contributed by atoms with Crippen molar-refractivity contribution in [3.8, 4) is 0 Å². The number of nitrogens with one attached hydrogen (secondary N) is 1. The average Bonchev–Trinajstić information content (AvgIpc) is 2.38. The number of likely N-dealkylation sites (N-methyl/N-ethyl adjacent to an activating group) is 2. The van der Waals surface area contributed by atoms with Crippen LogP contribution in [0, 0.1) is 12.3 Å². The third kappa shape index (κ3) is 4.07. The fourth-order valence-corrected chi connectivity index (χ4v) is 2.66. The van der Waals surface area contributed by atoms with E-state index < -0.39 is 0 Å². The number of aryl methyl sites for hydroxylation is 1. The van der Waals surface area contributed by atoms with Gasteiger partial charge in [-0.1, -0.05) is 50.6 Å². The number of hydrogen-bond acceptors (Lipinski definition) is 2. The minimum absolute atomic E-state index is 0.286. The molecular formula is C18H32N2. The molecule has 3 unspecified atom stereocenters. The van der Waals surface area contributed by atoms with Gasteiger partial charge in [-0.2, -0.15) is 0 Å². The predicted molar refractivity (Wildman–Crippen MR) is 89.1 cm³/mol. The molecular weight excluding hydrogens is 244 g/mol. The number of rotatable bonds is 5. The Hall–Kier alpha value is -0.860. The van der Waals surface area contributed by atoms with Crippen LogP contribution in [0.1, 0.15) is 51.8 Å². The van der Waals surface area contributed by atoms with Crippen LogP contribution in [0.25, 0.3) is 0 Å². The summed E-state index contributed by atoms with van der Waals surface area (Å²) >= 11 is 0. The van der Waals surface area contributed by atoms with Crippen LogP contribution in [0.15, 0.2) is 24.3 Å². The van der Waals surface area contributed by atoms with Crippen molar-refractivity contribution in [2.24, 2.45) is 5.41 Å². The van der Waals surface area contributed by atoms with Crippen LogP contribution in [0.3, 0.4) is 0 Å². The molecule has 0 aliphatic rings. The van der Waals surface area contributed by atoms with Gasteiger partial charge in [0.1, 0.15) is 0 Å². The second kappa shape index (κ2) is 6.73. The third-order valence-electron chi connectivity index (χ3n) is 4.74. The summed E-state index contributed by atoms with van der Waals surface area (Å²) < 4.78 is 0. The number of benzene rings is 1. The van der Waals surface area contributed by atoms with Gasteiger partial charge < -0.3 is 5.32 Å². The molecule has 0 spiro atoms. The predicted octanol–water partition coefficient (Wildman–Crippen LogP) is 4.01. The highest BCUT2D eigenvalue weighted by atomic mass is 15.2. The van der Waals surface area contributed by atoms with Crippen molar-refractivity contribution in [2.75, 3.05) is 14.1 Å². The van der Waals surface area contributed by atoms with E-state index in [1.54, 1.807) is 0 Å². The molecule has 1 aromatic carbocycles. The monoisotopic (exact) mass is 276 g/mol. The molecule has 0 aliphatic heterocycles. The molecule has 114 valence electrons. The van der Waals surface area contributed by atoms with Gasteiger partial charge in [-0.15, -0.1) is 0 Å². The summed E-state index contributed by atoms with van der Waals surface area (Å²) in [6.07, 6.45) is 0. The highest BCUT2D eigenvalue weighted by Crippen LogP contribution is 2.28. The number of hydrogen-bond donors (Lipinski definition) is 1. The molecule has 2 heteroatoms. The summed E-state index contributed by atoms with van der Waals surface area (Å²) in [5, 5.41) is 3.48. The van der Waals surface area contributed by atoms with Gasteiger partial charge >= 0.3 is 0 Å². The fourth-order valence-electron chi connectivity index (χ4n) is 2.66. The second-order valence-corrected chi connectivity index (χ2v) is 7.13. The first-order chi connectivity index (χ1) is 9.18. The van der Waals surface area contributed by atoms with E-state index in [4.69, 9.17) is 0 Å². The van der Waals surface area contributed by atoms with E-state index in [1.165, 1.54) is 11.1 Å². The van der Waals surface area contributed by atoms with Crippen molar-refractivity contribution < 1.29 is 0 Å². The van der Waals surface area contributed by atoms with Crippen LogP contribution in [0.2, 0.25) is 0 Å². The van der Waals surface area contributed by atoms with Crippen molar-refractivity contribution >= 4 is 0 Å². The van der Waals surface area contributed by atoms with Crippen LogP contribution in [-0.2, 0) is 0 Å². The zero-order chi connectivity index (χ0) is 15.5. The van der Waals surface area contributed by atoms with Gasteiger partial charge in [0.25, 0.3) is 0 Å². The lowest BCUT2D eigenvalue weighted by atomic mass is 9.85. The van der Waals surface area contributed by atoms with Crippen LogP contribution < -0.4 is 5.32 Å². The Labute approximate surface area is 125 Å². The average molecular weight is 276 g/mol. The van der Waals surface area contributed by atoms with Crippen LogP contribution in [0.5, 0.6) is 0 Å². The zero-order valence-electron chi connectivity index (χ0n) is 14.5. The molecule has 0 saturated carbocycles. The molecule has 0 amide bonds. The van der Waals surface area contributed by atoms with Crippen LogP contribution in [0.4, 0.5) is 0 Å². The minimum Gasteiger partial charge on any atom is -0.312 e. The van der Waals surface area contributed by atoms with E-state index in [9.17, 15) is 0 Å². The first-order valence-electron chi connectivity index (χ1n) is 7.64. The zero-order valence-corrected chi connectivity index (χ0v) is 14.5. The molecule has 1 aromatic rings. The molecule has 2 nitrogen and oxygen atoms in total. The van der Waals surface area contributed by atoms with Crippen LogP contribution in [-0.4, -0.2) is 31.1 Å². The van der Waals surface area contributed by atoms with Crippen molar-refractivity contribution in [2.45, 2.75) is 59.7 Å². The summed E-state index contributed by atoms with van der Waals surface area (Å²) in [7, 11) is 4.29. The third-order valence-corrected chi connectivity index (χ3v) is 4.74. The molecule has 0 radical (unpaired) electrons. The standard InChI is InChI=1S/C18H32N2/c1-13-9-11-16(12-10-13)17(19-7)14(2)20(8)15(3)18(4,5)6/h9-12,14-15,17,19H,1-8H3. The largest absolute Gasteiger partial charge is 0.312 e. The second-order valence-electron chi connectivity index (χ2n) is 7.13. The topological polar surface area (TPSA) is 15.3 Å². The maximum absolute atomic E-state index is 3.48. The molecule has 0 fully saturated rings. The van der Waals surface area contributed by atoms with E-state index in [0.29, 0.717) is 18.1 Å². The molecule has 1 rings (SSSR count). The van der Waals surface area contributed by atoms with E-state index in [0.717, 1.165) is 0 Å². The van der Waals surface area contributed by atoms with Gasteiger partial charge in [-0.3, -0.25) is 4.90 Å². The van der Waals surface area contributed by atoms with E-state index >= 15 is 0 Å². The summed E-state index contributed by atoms with van der Waals surface area (Å²) in [6, 6.07) is 10.2. The lowest BCUT2D eigenvalue weighted by Crippen LogP contribution is -2.48. The Bertz CT molecular complexity index is 402. The molecule has 0 aromatic heterocycles. The van der Waals surface area contributed by atoms with Crippen molar-refractivity contribution in [3.63, 3.8) is 0 Å². The highest BCUT2D eigenvalue weighted by molar-refractivity contribution is 5.25. The summed E-state index contributed by atoms with van der Waals surface area (Å²) in [4.78, 5) is 2.49. The Morgan fingerprint density at radius 3 is 1.95 bits per heavy atom. The van der Waals surface area contributed by atoms with Gasteiger partial charge in [0.05, 0.1) is 0 Å². The fraction of sp³-hybridized carbons (Fsp3) is 0.667. The lowest BCUT2D eigenvalue weighted by molar-refractivity contribution is 0.0868. The van der Waals surface area contributed by atoms with E-state index in [2.05, 4.69) is 90.1 Å². The summed E-state index contributed by atoms with van der Waals surface area (Å²) in [5.74, 6) is 0. The Kier molecular flexibility index (Phi) is 5.79. The first-order valence-corrected chi connectivity index (χ1v) is 7.64. The quantitative estimate of drug-likeness (QED) is 0.874. The van der Waals surface area contributed by atoms with Gasteiger partial charge in [0.15, 0.2) is 0 Å². The molecule has 20 heavy (non-hydrogen) atoms.